The number of aliphatic hydroxyl groups excluding tert-OH is 3. The summed E-state index contributed by atoms with van der Waals surface area (Å²) < 4.78 is 5.45. The normalized spacial score (nSPS) is 38.5. The van der Waals surface area contributed by atoms with Crippen molar-refractivity contribution in [3.8, 4) is 0 Å². The number of carboxylic acid groups (broad SMARTS) is 1. The first kappa shape index (κ1) is 62.7. The molecule has 13 unspecified atom stereocenters. The van der Waals surface area contributed by atoms with E-state index in [0.29, 0.717) is 37.0 Å². The lowest BCUT2D eigenvalue weighted by atomic mass is 9.27. The van der Waals surface area contributed by atoms with Gasteiger partial charge in [-0.1, -0.05) is 155 Å². The van der Waals surface area contributed by atoms with Crippen molar-refractivity contribution in [1.82, 2.24) is 10.6 Å². The summed E-state index contributed by atoms with van der Waals surface area (Å²) in [6.45, 7) is 12.1. The molecule has 6 heterocycles. The maximum atomic E-state index is 14.8. The summed E-state index contributed by atoms with van der Waals surface area (Å²) in [6, 6.07) is 26.0. The second-order valence-corrected chi connectivity index (χ2v) is 33.1. The van der Waals surface area contributed by atoms with E-state index in [4.69, 9.17) is 4.74 Å². The molecule has 16 aliphatic rings. The Balaban J connectivity index is 0.937. The third-order valence-electron chi connectivity index (χ3n) is 28.6. The fourth-order valence-corrected chi connectivity index (χ4v) is 24.7. The summed E-state index contributed by atoms with van der Waals surface area (Å²) in [6.07, 6.45) is 40.7. The van der Waals surface area contributed by atoms with E-state index in [0.717, 1.165) is 160 Å². The van der Waals surface area contributed by atoms with E-state index in [1.807, 2.05) is 0 Å². The smallest absolute Gasteiger partial charge is 0.306 e. The van der Waals surface area contributed by atoms with E-state index >= 15 is 0 Å². The number of hydrogen-bond donors (Lipinski definition) is 6. The Bertz CT molecular complexity index is 3660. The minimum absolute atomic E-state index is 0.0822. The van der Waals surface area contributed by atoms with Gasteiger partial charge >= 0.3 is 5.97 Å². The summed E-state index contributed by atoms with van der Waals surface area (Å²) in [7, 11) is 1.78. The predicted octanol–water partition coefficient (Wildman–Crippen LogP) is 15.6. The zero-order valence-electron chi connectivity index (χ0n) is 56.4. The second-order valence-electron chi connectivity index (χ2n) is 33.1. The van der Waals surface area contributed by atoms with Crippen molar-refractivity contribution >= 4 is 23.2 Å². The van der Waals surface area contributed by atoms with Crippen LogP contribution in [0.2, 0.25) is 0 Å². The van der Waals surface area contributed by atoms with Crippen LogP contribution in [0.1, 0.15) is 197 Å². The standard InChI is InChI=1S/C84H108N2O6/c1-53(2)20-25-59-16-10-18-65-67(59)47-70-69-48-81-36-12-35-79(3)74(89)33-40-83(70,78(79)81)71-46-63-32-39-82(37-30-56(31-38-82)43-55-23-21-54(22-24-55)34-42-92-5)84(72(71)49-81)50-73(88)76(80(63,84)4)66(77(90)91)28-26-62(52-87)64(58-14-7-6-8-15-58)19-11-41-85-75-29-27-61(51-86-75)60-17-9-13-57(44-60)45-68(65)69/h9-10,12-13,16-18,21-24,27,29,36,44,47-48,52-53,56,58,63-64,66,70,73-74,76,78,85-89H,6-8,11,14-15,19-20,25-26,28,30-35,37-43,45-46,49-51H2,1-5H3,(H,90,91). The van der Waals surface area contributed by atoms with Gasteiger partial charge in [-0.05, 0) is 261 Å². The van der Waals surface area contributed by atoms with Gasteiger partial charge in [0.15, 0.2) is 0 Å². The number of aliphatic hydroxyl groups is 3. The van der Waals surface area contributed by atoms with Crippen LogP contribution in [0.15, 0.2) is 131 Å². The van der Waals surface area contributed by atoms with Crippen LogP contribution in [0.5, 0.6) is 0 Å². The van der Waals surface area contributed by atoms with Gasteiger partial charge in [0.1, 0.15) is 0 Å². The van der Waals surface area contributed by atoms with Crippen molar-refractivity contribution in [2.45, 2.75) is 207 Å². The van der Waals surface area contributed by atoms with Crippen molar-refractivity contribution in [2.75, 3.05) is 26.8 Å². The topological polar surface area (TPSA) is 131 Å². The highest BCUT2D eigenvalue weighted by Crippen LogP contribution is 2.86. The van der Waals surface area contributed by atoms with Crippen LogP contribution in [0.3, 0.4) is 0 Å². The first-order valence-electron chi connectivity index (χ1n) is 37.0. The molecule has 0 saturated heterocycles. The highest BCUT2D eigenvalue weighted by Gasteiger charge is 2.80. The van der Waals surface area contributed by atoms with Gasteiger partial charge in [0.25, 0.3) is 0 Å². The maximum absolute atomic E-state index is 14.8. The van der Waals surface area contributed by atoms with Gasteiger partial charge in [0.05, 0.1) is 36.8 Å². The highest BCUT2D eigenvalue weighted by atomic mass is 16.5. The molecule has 490 valence electrons. The van der Waals surface area contributed by atoms with Crippen LogP contribution >= 0.6 is 0 Å². The zero-order valence-corrected chi connectivity index (χ0v) is 56.4. The number of nitrogens with one attached hydrogen (secondary N) is 2. The molecule has 13 atom stereocenters. The Morgan fingerprint density at radius 1 is 0.837 bits per heavy atom. The highest BCUT2D eigenvalue weighted by molar-refractivity contribution is 5.78. The average Bonchev–Trinajstić information content (AvgIpc) is 1.16. The minimum Gasteiger partial charge on any atom is -0.516 e. The van der Waals surface area contributed by atoms with Gasteiger partial charge in [-0.25, -0.2) is 0 Å². The molecule has 3 aromatic rings. The summed E-state index contributed by atoms with van der Waals surface area (Å²) >= 11 is 0. The van der Waals surface area contributed by atoms with Gasteiger partial charge in [0, 0.05) is 53.7 Å². The number of ether oxygens (including phenoxy) is 1. The Hall–Kier alpha value is -5.41. The number of methoxy groups -OCH3 is 1. The average molecular weight is 1240 g/mol. The molecule has 6 N–H and O–H groups in total. The number of aliphatic carboxylic acids is 1. The van der Waals surface area contributed by atoms with Gasteiger partial charge in [-0.15, -0.1) is 0 Å². The third kappa shape index (κ3) is 9.88. The van der Waals surface area contributed by atoms with Crippen LogP contribution in [0, 0.1) is 85.8 Å². The molecule has 19 rings (SSSR count). The first-order valence-corrected chi connectivity index (χ1v) is 37.0. The van der Waals surface area contributed by atoms with Gasteiger partial charge in [0.2, 0.25) is 0 Å². The summed E-state index contributed by atoms with van der Waals surface area (Å²) in [5.74, 6) is 1.23. The van der Waals surface area contributed by atoms with E-state index in [2.05, 4.69) is 142 Å². The number of aryl methyl sites for hydroxylation is 1. The van der Waals surface area contributed by atoms with E-state index in [1.165, 1.54) is 80.5 Å². The van der Waals surface area contributed by atoms with Crippen LogP contribution in [-0.2, 0) is 35.2 Å². The van der Waals surface area contributed by atoms with Gasteiger partial charge in [-0.2, -0.15) is 0 Å². The van der Waals surface area contributed by atoms with Crippen molar-refractivity contribution < 1.29 is 30.0 Å². The number of dihydropyridines is 1. The third-order valence-corrected chi connectivity index (χ3v) is 28.6. The number of benzene rings is 3. The molecule has 10 aliphatic carbocycles. The molecular weight excluding hydrogens is 1130 g/mol. The molecule has 8 nitrogen and oxygen atoms in total. The van der Waals surface area contributed by atoms with Crippen LogP contribution in [-0.4, -0.2) is 65.4 Å². The van der Waals surface area contributed by atoms with Crippen LogP contribution in [0.4, 0.5) is 0 Å². The molecule has 3 spiro atoms. The molecular formula is C84H108N2O6. The monoisotopic (exact) mass is 1240 g/mol. The van der Waals surface area contributed by atoms with E-state index in [9.17, 15) is 25.2 Å². The zero-order chi connectivity index (χ0) is 63.4. The molecule has 15 bridgehead atoms. The predicted molar refractivity (Wildman–Crippen MR) is 370 cm³/mol. The van der Waals surface area contributed by atoms with Crippen LogP contribution in [0.25, 0.3) is 17.2 Å². The molecule has 0 radical (unpaired) electrons. The Morgan fingerprint density at radius 3 is 2.39 bits per heavy atom. The summed E-state index contributed by atoms with van der Waals surface area (Å²) in [5.41, 5.74) is 13.2. The molecule has 3 aromatic carbocycles. The maximum Gasteiger partial charge on any atom is 0.306 e. The molecule has 6 aliphatic heterocycles. The molecule has 0 amide bonds. The number of rotatable bonds is 10. The van der Waals surface area contributed by atoms with Crippen molar-refractivity contribution in [3.63, 3.8) is 0 Å². The van der Waals surface area contributed by atoms with Crippen molar-refractivity contribution in [2.24, 2.45) is 85.8 Å². The van der Waals surface area contributed by atoms with Gasteiger partial charge < -0.3 is 35.8 Å². The Morgan fingerprint density at radius 2 is 1.63 bits per heavy atom. The van der Waals surface area contributed by atoms with E-state index in [-0.39, 0.29) is 39.9 Å². The van der Waals surface area contributed by atoms with Crippen molar-refractivity contribution in [1.29, 1.82) is 0 Å². The van der Waals surface area contributed by atoms with Gasteiger partial charge in [-0.3, -0.25) is 4.79 Å². The number of allylic oxidation sites excluding steroid dienone is 9. The number of carboxylic acids is 1. The summed E-state index contributed by atoms with van der Waals surface area (Å²) in [5, 5.41) is 60.9. The lowest BCUT2D eigenvalue weighted by molar-refractivity contribution is -0.198. The molecule has 0 aromatic heterocycles. The Kier molecular flexibility index (Phi) is 16.6. The lowest BCUT2D eigenvalue weighted by Gasteiger charge is -2.76. The first-order chi connectivity index (χ1) is 44.6. The molecule has 5 saturated carbocycles. The fourth-order valence-electron chi connectivity index (χ4n) is 24.7. The quantitative estimate of drug-likeness (QED) is 0.0874. The largest absolute Gasteiger partial charge is 0.516 e. The summed E-state index contributed by atoms with van der Waals surface area (Å²) in [4.78, 5) is 14.8. The molecule has 8 heteroatoms. The van der Waals surface area contributed by atoms with Crippen molar-refractivity contribution in [3.05, 3.63) is 170 Å². The fraction of sp³-hybridized carbons (Fsp3) is 0.607. The second kappa shape index (κ2) is 24.4. The van der Waals surface area contributed by atoms with E-state index in [1.54, 1.807) is 18.3 Å². The Labute approximate surface area is 550 Å². The molecule has 92 heavy (non-hydrogen) atoms. The van der Waals surface area contributed by atoms with Crippen LogP contribution < -0.4 is 21.1 Å². The van der Waals surface area contributed by atoms with E-state index < -0.39 is 46.3 Å². The minimum atomic E-state index is -0.788. The number of fused-ring (bicyclic) bond motifs is 1. The number of carbonyl (C=O) groups is 1. The molecule has 5 fully saturated rings. The number of hydrogen-bond acceptors (Lipinski definition) is 7. The lowest BCUT2D eigenvalue weighted by Crippen LogP contribution is -2.70. The SMILES string of the molecule is COCCc1ccc(CC2CCC3(CC2)CCC2CC4=C5CC67C=CCC8(C)C(O)CCC4(C4C=c9c(CCC(C)C)cccc9=C(Cc9cccc(c9)C9=CC=C(NCCCC(C%10CCCCC%10)C(=CO)CCC(C(=O)O)C%10C(O)CC53C2%10C)NC9)C4=C6)C78)cc1.